The average Bonchev–Trinajstić information content (AvgIpc) is 3.08. The Morgan fingerprint density at radius 3 is 2.00 bits per heavy atom. The second-order valence-electron chi connectivity index (χ2n) is 8.00. The van der Waals surface area contributed by atoms with E-state index in [1.54, 1.807) is 0 Å². The summed E-state index contributed by atoms with van der Waals surface area (Å²) in [5.41, 5.74) is 3.78. The van der Waals surface area contributed by atoms with Crippen molar-refractivity contribution >= 4 is 27.9 Å². The van der Waals surface area contributed by atoms with Crippen molar-refractivity contribution in [3.63, 3.8) is 0 Å². The molecular formula is C24H38O2Sn. The van der Waals surface area contributed by atoms with Crippen LogP contribution >= 0.6 is 0 Å². The van der Waals surface area contributed by atoms with Crippen molar-refractivity contribution in [2.45, 2.75) is 86.0 Å². The number of hydrogen-bond acceptors (Lipinski definition) is 2. The summed E-state index contributed by atoms with van der Waals surface area (Å²) in [6, 6.07) is 8.78. The topological polar surface area (TPSA) is 26.3 Å². The van der Waals surface area contributed by atoms with Crippen molar-refractivity contribution in [3.8, 4) is 0 Å². The summed E-state index contributed by atoms with van der Waals surface area (Å²) >= 11 is -2.71. The van der Waals surface area contributed by atoms with Crippen LogP contribution in [-0.2, 0) is 16.0 Å². The van der Waals surface area contributed by atoms with Crippen LogP contribution in [0.4, 0.5) is 0 Å². The van der Waals surface area contributed by atoms with Crippen LogP contribution < -0.4 is 0 Å². The van der Waals surface area contributed by atoms with E-state index in [9.17, 15) is 4.79 Å². The number of ether oxygens (including phenoxy) is 1. The second-order valence-corrected chi connectivity index (χ2v) is 21.0. The van der Waals surface area contributed by atoms with E-state index < -0.39 is 18.4 Å². The number of benzene rings is 1. The molecule has 0 spiro atoms. The van der Waals surface area contributed by atoms with Crippen LogP contribution in [0.15, 0.2) is 29.8 Å². The Labute approximate surface area is 170 Å². The quantitative estimate of drug-likeness (QED) is 0.241. The number of hydrogen-bond donors (Lipinski definition) is 0. The fourth-order valence-electron chi connectivity index (χ4n) is 4.65. The molecule has 3 heteroatoms. The van der Waals surface area contributed by atoms with Gasteiger partial charge >= 0.3 is 171 Å². The van der Waals surface area contributed by atoms with Crippen LogP contribution in [0.2, 0.25) is 13.3 Å². The minimum atomic E-state index is -2.71. The summed E-state index contributed by atoms with van der Waals surface area (Å²) in [7, 11) is 0. The van der Waals surface area contributed by atoms with Gasteiger partial charge in [-0.1, -0.05) is 0 Å². The van der Waals surface area contributed by atoms with Crippen LogP contribution in [0.5, 0.6) is 0 Å². The first-order chi connectivity index (χ1) is 13.1. The van der Waals surface area contributed by atoms with Crippen molar-refractivity contribution in [2.24, 2.45) is 0 Å². The first-order valence-electron chi connectivity index (χ1n) is 11.1. The average molecular weight is 477 g/mol. The van der Waals surface area contributed by atoms with E-state index in [1.165, 1.54) is 66.6 Å². The second kappa shape index (κ2) is 11.3. The zero-order valence-electron chi connectivity index (χ0n) is 17.9. The maximum absolute atomic E-state index is 12.9. The molecule has 0 aromatic heterocycles. The van der Waals surface area contributed by atoms with Crippen molar-refractivity contribution in [1.82, 2.24) is 0 Å². The molecule has 0 atom stereocenters. The Morgan fingerprint density at radius 1 is 0.926 bits per heavy atom. The number of fused-ring (bicyclic) bond motifs is 1. The van der Waals surface area contributed by atoms with E-state index in [-0.39, 0.29) is 5.97 Å². The standard InChI is InChI=1S/C12H11O2.3C4H9.Sn/c1-2-14-12(13)11-7-9-5-3-4-6-10(9)8-11;3*1-3-4-2;/h3-6H,2,7H2,1H3;3*1,3-4H2,2H3;. The third-order valence-electron chi connectivity index (χ3n) is 6.03. The Kier molecular flexibility index (Phi) is 9.41. The van der Waals surface area contributed by atoms with Crippen molar-refractivity contribution in [3.05, 3.63) is 41.0 Å². The molecule has 2 nitrogen and oxygen atoms in total. The van der Waals surface area contributed by atoms with Gasteiger partial charge in [0.2, 0.25) is 0 Å². The summed E-state index contributed by atoms with van der Waals surface area (Å²) in [6.07, 6.45) is 8.47. The molecular weight excluding hydrogens is 439 g/mol. The van der Waals surface area contributed by atoms with Crippen molar-refractivity contribution < 1.29 is 9.53 Å². The molecule has 0 aliphatic heterocycles. The molecule has 1 aliphatic rings. The molecule has 0 fully saturated rings. The van der Waals surface area contributed by atoms with Gasteiger partial charge in [-0.15, -0.1) is 0 Å². The van der Waals surface area contributed by atoms with Gasteiger partial charge < -0.3 is 0 Å². The molecule has 1 aromatic rings. The van der Waals surface area contributed by atoms with Crippen LogP contribution in [0, 0.1) is 0 Å². The fraction of sp³-hybridized carbons (Fsp3) is 0.625. The summed E-state index contributed by atoms with van der Waals surface area (Å²) in [4.78, 5) is 12.9. The molecule has 150 valence electrons. The van der Waals surface area contributed by atoms with E-state index in [2.05, 4.69) is 45.0 Å². The minimum absolute atomic E-state index is 0.0470. The van der Waals surface area contributed by atoms with Gasteiger partial charge in [0.1, 0.15) is 0 Å². The SMILES string of the molecule is CCC[CH2][Sn]([CH2]CCC)([CH2]CCC)[C]1=C(C(=O)OCC)Cc2ccccc21. The molecule has 0 N–H and O–H groups in total. The van der Waals surface area contributed by atoms with Crippen molar-refractivity contribution in [1.29, 1.82) is 0 Å². The molecule has 0 saturated heterocycles. The number of unbranched alkanes of at least 4 members (excludes halogenated alkanes) is 3. The molecule has 0 bridgehead atoms. The monoisotopic (exact) mass is 478 g/mol. The molecule has 0 saturated carbocycles. The molecule has 0 amide bonds. The van der Waals surface area contributed by atoms with E-state index in [1.807, 2.05) is 6.92 Å². The molecule has 27 heavy (non-hydrogen) atoms. The summed E-state index contributed by atoms with van der Waals surface area (Å²) in [5.74, 6) is -0.0470. The summed E-state index contributed by atoms with van der Waals surface area (Å²) in [5, 5.41) is 0. The Balaban J connectivity index is 2.60. The van der Waals surface area contributed by atoms with Gasteiger partial charge in [-0.05, 0) is 0 Å². The van der Waals surface area contributed by atoms with Gasteiger partial charge in [-0.2, -0.15) is 0 Å². The predicted molar refractivity (Wildman–Crippen MR) is 119 cm³/mol. The normalized spacial score (nSPS) is 13.8. The maximum atomic E-state index is 12.9. The predicted octanol–water partition coefficient (Wildman–Crippen LogP) is 6.95. The number of esters is 1. The molecule has 0 heterocycles. The Hall–Kier alpha value is -0.771. The van der Waals surface area contributed by atoms with Gasteiger partial charge in [-0.25, -0.2) is 0 Å². The number of carbonyl (C=O) groups excluding carboxylic acids is 1. The zero-order chi connectivity index (χ0) is 19.7. The molecule has 2 rings (SSSR count). The van der Waals surface area contributed by atoms with E-state index in [0.717, 1.165) is 12.0 Å². The van der Waals surface area contributed by atoms with E-state index in [0.29, 0.717) is 6.61 Å². The summed E-state index contributed by atoms with van der Waals surface area (Å²) in [6.45, 7) is 9.30. The third-order valence-corrected chi connectivity index (χ3v) is 21.9. The third kappa shape index (κ3) is 5.40. The Morgan fingerprint density at radius 2 is 1.48 bits per heavy atom. The first-order valence-corrected chi connectivity index (χ1v) is 18.6. The van der Waals surface area contributed by atoms with Gasteiger partial charge in [-0.3, -0.25) is 0 Å². The van der Waals surface area contributed by atoms with Gasteiger partial charge in [0.05, 0.1) is 0 Å². The fourth-order valence-corrected chi connectivity index (χ4v) is 22.5. The van der Waals surface area contributed by atoms with Crippen LogP contribution in [0.3, 0.4) is 0 Å². The van der Waals surface area contributed by atoms with Gasteiger partial charge in [0.25, 0.3) is 0 Å². The van der Waals surface area contributed by atoms with E-state index >= 15 is 0 Å². The summed E-state index contributed by atoms with van der Waals surface area (Å²) < 4.78 is 11.2. The van der Waals surface area contributed by atoms with E-state index in [4.69, 9.17) is 4.74 Å². The zero-order valence-corrected chi connectivity index (χ0v) is 20.8. The molecule has 1 aliphatic carbocycles. The number of rotatable bonds is 12. The van der Waals surface area contributed by atoms with Crippen LogP contribution in [0.1, 0.15) is 77.3 Å². The molecule has 0 unspecified atom stereocenters. The number of carbonyl (C=O) groups is 1. The molecule has 0 radical (unpaired) electrons. The van der Waals surface area contributed by atoms with Crippen LogP contribution in [0.25, 0.3) is 3.59 Å². The van der Waals surface area contributed by atoms with Gasteiger partial charge in [0, 0.05) is 0 Å². The Bertz CT molecular complexity index is 626. The van der Waals surface area contributed by atoms with Gasteiger partial charge in [0.15, 0.2) is 0 Å². The van der Waals surface area contributed by atoms with Crippen LogP contribution in [-0.4, -0.2) is 31.0 Å². The van der Waals surface area contributed by atoms with Crippen molar-refractivity contribution in [2.75, 3.05) is 6.61 Å². The molecule has 1 aromatic carbocycles. The first kappa shape index (κ1) is 22.5.